The Labute approximate surface area is 78.4 Å². The lowest BCUT2D eigenvalue weighted by Crippen LogP contribution is -2.42. The minimum absolute atomic E-state index is 0.203. The maximum absolute atomic E-state index is 11.1. The molecule has 0 radical (unpaired) electrons. The monoisotopic (exact) mass is 187 g/mol. The third-order valence-corrected chi connectivity index (χ3v) is 2.51. The molecule has 1 aliphatic heterocycles. The first kappa shape index (κ1) is 10.5. The van der Waals surface area contributed by atoms with Crippen LogP contribution in [0, 0.1) is 5.92 Å². The molecular formula is C9H17NO3. The Bertz CT molecular complexity index is 184. The van der Waals surface area contributed by atoms with Crippen molar-refractivity contribution in [2.45, 2.75) is 31.9 Å². The lowest BCUT2D eigenvalue weighted by molar-refractivity contribution is -0.144. The summed E-state index contributed by atoms with van der Waals surface area (Å²) in [4.78, 5) is 11.1. The fourth-order valence-electron chi connectivity index (χ4n) is 1.69. The lowest BCUT2D eigenvalue weighted by Gasteiger charge is -2.29. The fraction of sp³-hybridized carbons (Fsp3) is 0.889. The molecule has 0 spiro atoms. The van der Waals surface area contributed by atoms with E-state index < -0.39 is 6.04 Å². The van der Waals surface area contributed by atoms with Gasteiger partial charge in [0.2, 0.25) is 0 Å². The van der Waals surface area contributed by atoms with Gasteiger partial charge in [0.25, 0.3) is 0 Å². The molecule has 0 aromatic rings. The molecule has 1 heterocycles. The second-order valence-electron chi connectivity index (χ2n) is 3.51. The van der Waals surface area contributed by atoms with E-state index >= 15 is 0 Å². The van der Waals surface area contributed by atoms with E-state index in [0.29, 0.717) is 6.61 Å². The molecule has 0 amide bonds. The molecule has 0 aromatic heterocycles. The predicted molar refractivity (Wildman–Crippen MR) is 48.1 cm³/mol. The minimum Gasteiger partial charge on any atom is -0.468 e. The molecule has 4 nitrogen and oxygen atoms in total. The standard InChI is InChI=1S/C9H17NO3/c1-6-5-7(3-4-13-6)8(10)9(11)12-2/h6-8H,3-5,10H2,1-2H3/t6-,7+,8+/m1/s1. The highest BCUT2D eigenvalue weighted by atomic mass is 16.5. The van der Waals surface area contributed by atoms with Crippen molar-refractivity contribution in [1.29, 1.82) is 0 Å². The molecule has 1 saturated heterocycles. The van der Waals surface area contributed by atoms with Gasteiger partial charge in [-0.05, 0) is 25.7 Å². The van der Waals surface area contributed by atoms with Gasteiger partial charge in [-0.3, -0.25) is 4.79 Å². The zero-order valence-electron chi connectivity index (χ0n) is 8.16. The Morgan fingerprint density at radius 1 is 1.69 bits per heavy atom. The van der Waals surface area contributed by atoms with E-state index in [0.717, 1.165) is 12.8 Å². The van der Waals surface area contributed by atoms with E-state index in [9.17, 15) is 4.79 Å². The van der Waals surface area contributed by atoms with E-state index in [1.54, 1.807) is 0 Å². The van der Waals surface area contributed by atoms with E-state index in [-0.39, 0.29) is 18.0 Å². The van der Waals surface area contributed by atoms with Crippen LogP contribution in [0.1, 0.15) is 19.8 Å². The van der Waals surface area contributed by atoms with Gasteiger partial charge in [0.05, 0.1) is 13.2 Å². The highest BCUT2D eigenvalue weighted by Crippen LogP contribution is 2.22. The summed E-state index contributed by atoms with van der Waals surface area (Å²) >= 11 is 0. The average Bonchev–Trinajstić information content (AvgIpc) is 2.15. The molecule has 1 aliphatic rings. The number of carbonyl (C=O) groups excluding carboxylic acids is 1. The van der Waals surface area contributed by atoms with E-state index in [1.807, 2.05) is 6.92 Å². The van der Waals surface area contributed by atoms with Crippen LogP contribution in [0.2, 0.25) is 0 Å². The molecular weight excluding hydrogens is 170 g/mol. The van der Waals surface area contributed by atoms with Gasteiger partial charge in [0.1, 0.15) is 6.04 Å². The molecule has 1 fully saturated rings. The Morgan fingerprint density at radius 2 is 2.38 bits per heavy atom. The summed E-state index contributed by atoms with van der Waals surface area (Å²) in [7, 11) is 1.37. The van der Waals surface area contributed by atoms with Crippen LogP contribution in [0.3, 0.4) is 0 Å². The molecule has 13 heavy (non-hydrogen) atoms. The number of ether oxygens (including phenoxy) is 2. The summed E-state index contributed by atoms with van der Waals surface area (Å²) in [6.07, 6.45) is 1.89. The van der Waals surface area contributed by atoms with Gasteiger partial charge in [0.15, 0.2) is 0 Å². The number of hydrogen-bond donors (Lipinski definition) is 1. The third-order valence-electron chi connectivity index (χ3n) is 2.51. The summed E-state index contributed by atoms with van der Waals surface area (Å²) in [6, 6.07) is -0.489. The topological polar surface area (TPSA) is 61.5 Å². The molecule has 0 saturated carbocycles. The Hall–Kier alpha value is -0.610. The van der Waals surface area contributed by atoms with Crippen LogP contribution in [-0.2, 0) is 14.3 Å². The molecule has 76 valence electrons. The van der Waals surface area contributed by atoms with Crippen molar-refractivity contribution >= 4 is 5.97 Å². The number of rotatable bonds is 2. The van der Waals surface area contributed by atoms with Crippen molar-refractivity contribution < 1.29 is 14.3 Å². The normalized spacial score (nSPS) is 31.0. The van der Waals surface area contributed by atoms with E-state index in [1.165, 1.54) is 7.11 Å². The number of hydrogen-bond acceptors (Lipinski definition) is 4. The van der Waals surface area contributed by atoms with Crippen LogP contribution in [-0.4, -0.2) is 31.8 Å². The van der Waals surface area contributed by atoms with Crippen LogP contribution >= 0.6 is 0 Å². The second kappa shape index (κ2) is 4.58. The Balaban J connectivity index is 2.45. The summed E-state index contributed by atoms with van der Waals surface area (Å²) in [5, 5.41) is 0. The molecule has 1 rings (SSSR count). The molecule has 0 aromatic carbocycles. The first-order chi connectivity index (χ1) is 6.15. The first-order valence-corrected chi connectivity index (χ1v) is 4.60. The smallest absolute Gasteiger partial charge is 0.322 e. The Morgan fingerprint density at radius 3 is 2.92 bits per heavy atom. The molecule has 4 heteroatoms. The first-order valence-electron chi connectivity index (χ1n) is 4.60. The van der Waals surface area contributed by atoms with Crippen molar-refractivity contribution in [3.05, 3.63) is 0 Å². The van der Waals surface area contributed by atoms with Crippen molar-refractivity contribution in [3.8, 4) is 0 Å². The zero-order valence-corrected chi connectivity index (χ0v) is 8.16. The molecule has 2 N–H and O–H groups in total. The third kappa shape index (κ3) is 2.67. The quantitative estimate of drug-likeness (QED) is 0.632. The number of methoxy groups -OCH3 is 1. The predicted octanol–water partition coefficient (Wildman–Crippen LogP) is 0.302. The maximum Gasteiger partial charge on any atom is 0.322 e. The van der Waals surface area contributed by atoms with Crippen LogP contribution < -0.4 is 5.73 Å². The summed E-state index contributed by atoms with van der Waals surface area (Å²) in [5.41, 5.74) is 5.73. The van der Waals surface area contributed by atoms with Crippen molar-refractivity contribution in [2.24, 2.45) is 11.7 Å². The van der Waals surface area contributed by atoms with Crippen LogP contribution in [0.4, 0.5) is 0 Å². The fourth-order valence-corrected chi connectivity index (χ4v) is 1.69. The molecule has 3 atom stereocenters. The van der Waals surface area contributed by atoms with Gasteiger partial charge in [-0.25, -0.2) is 0 Å². The Kier molecular flexibility index (Phi) is 3.69. The van der Waals surface area contributed by atoms with E-state index in [2.05, 4.69) is 4.74 Å². The SMILES string of the molecule is COC(=O)[C@@H](N)[C@H]1CCO[C@H](C)C1. The minimum atomic E-state index is -0.489. The second-order valence-corrected chi connectivity index (χ2v) is 3.51. The highest BCUT2D eigenvalue weighted by molar-refractivity contribution is 5.75. The highest BCUT2D eigenvalue weighted by Gasteiger charge is 2.29. The molecule has 0 unspecified atom stereocenters. The molecule has 0 aliphatic carbocycles. The van der Waals surface area contributed by atoms with Crippen molar-refractivity contribution in [1.82, 2.24) is 0 Å². The average molecular weight is 187 g/mol. The lowest BCUT2D eigenvalue weighted by atomic mass is 9.89. The van der Waals surface area contributed by atoms with Crippen molar-refractivity contribution in [2.75, 3.05) is 13.7 Å². The van der Waals surface area contributed by atoms with Crippen LogP contribution in [0.25, 0.3) is 0 Å². The number of nitrogens with two attached hydrogens (primary N) is 1. The summed E-state index contributed by atoms with van der Waals surface area (Å²) in [5.74, 6) is -0.115. The van der Waals surface area contributed by atoms with Crippen LogP contribution in [0.5, 0.6) is 0 Å². The van der Waals surface area contributed by atoms with Gasteiger partial charge in [-0.15, -0.1) is 0 Å². The van der Waals surface area contributed by atoms with Crippen molar-refractivity contribution in [3.63, 3.8) is 0 Å². The number of esters is 1. The van der Waals surface area contributed by atoms with E-state index in [4.69, 9.17) is 10.5 Å². The molecule has 0 bridgehead atoms. The largest absolute Gasteiger partial charge is 0.468 e. The number of carbonyl (C=O) groups is 1. The summed E-state index contributed by atoms with van der Waals surface area (Å²) in [6.45, 7) is 2.69. The van der Waals surface area contributed by atoms with Gasteiger partial charge >= 0.3 is 5.97 Å². The van der Waals surface area contributed by atoms with Gasteiger partial charge in [-0.2, -0.15) is 0 Å². The van der Waals surface area contributed by atoms with Gasteiger partial charge in [-0.1, -0.05) is 0 Å². The van der Waals surface area contributed by atoms with Gasteiger partial charge < -0.3 is 15.2 Å². The van der Waals surface area contributed by atoms with Crippen LogP contribution in [0.15, 0.2) is 0 Å². The zero-order chi connectivity index (χ0) is 9.84. The maximum atomic E-state index is 11.1. The summed E-state index contributed by atoms with van der Waals surface area (Å²) < 4.78 is 9.96. The van der Waals surface area contributed by atoms with Gasteiger partial charge in [0, 0.05) is 6.61 Å².